The van der Waals surface area contributed by atoms with Gasteiger partial charge in [0.1, 0.15) is 5.82 Å². The van der Waals surface area contributed by atoms with Crippen molar-refractivity contribution in [1.82, 2.24) is 9.78 Å². The summed E-state index contributed by atoms with van der Waals surface area (Å²) in [6.07, 6.45) is 1.83. The highest BCUT2D eigenvalue weighted by atomic mass is 79.9. The lowest BCUT2D eigenvalue weighted by Gasteiger charge is -2.07. The molecule has 0 fully saturated rings. The number of rotatable bonds is 2. The van der Waals surface area contributed by atoms with Gasteiger partial charge in [0, 0.05) is 17.1 Å². The molecule has 0 aliphatic carbocycles. The van der Waals surface area contributed by atoms with Crippen LogP contribution < -0.4 is 0 Å². The molecule has 1 aromatic carbocycles. The third-order valence-electron chi connectivity index (χ3n) is 2.20. The van der Waals surface area contributed by atoms with Crippen LogP contribution in [0.2, 0.25) is 0 Å². The molecule has 0 atom stereocenters. The number of alkyl halides is 1. The van der Waals surface area contributed by atoms with Crippen LogP contribution in [0.1, 0.15) is 11.3 Å². The number of aromatic nitrogens is 2. The van der Waals surface area contributed by atoms with E-state index in [-0.39, 0.29) is 5.82 Å². The lowest BCUT2D eigenvalue weighted by molar-refractivity contribution is 0.614. The summed E-state index contributed by atoms with van der Waals surface area (Å²) in [7, 11) is 0. The van der Waals surface area contributed by atoms with Gasteiger partial charge in [0.05, 0.1) is 11.4 Å². The molecule has 1 heterocycles. The highest BCUT2D eigenvalue weighted by molar-refractivity contribution is 9.08. The molecular formula is C11H10BrFN2. The number of nitrogens with zero attached hydrogens (tertiary/aromatic N) is 2. The van der Waals surface area contributed by atoms with Crippen molar-refractivity contribution in [3.8, 4) is 5.69 Å². The number of hydrogen-bond acceptors (Lipinski definition) is 1. The average molecular weight is 269 g/mol. The first-order chi connectivity index (χ1) is 7.22. The summed E-state index contributed by atoms with van der Waals surface area (Å²) >= 11 is 3.28. The van der Waals surface area contributed by atoms with Gasteiger partial charge >= 0.3 is 0 Å². The Morgan fingerprint density at radius 1 is 1.40 bits per heavy atom. The second kappa shape index (κ2) is 4.14. The Balaban J connectivity index is 2.57. The van der Waals surface area contributed by atoms with Crippen LogP contribution in [-0.4, -0.2) is 9.78 Å². The highest BCUT2D eigenvalue weighted by Crippen LogP contribution is 2.20. The Bertz CT molecular complexity index is 479. The Morgan fingerprint density at radius 3 is 2.80 bits per heavy atom. The fraction of sp³-hybridized carbons (Fsp3) is 0.182. The van der Waals surface area contributed by atoms with Gasteiger partial charge in [-0.2, -0.15) is 5.10 Å². The van der Waals surface area contributed by atoms with Gasteiger partial charge < -0.3 is 0 Å². The van der Waals surface area contributed by atoms with Crippen LogP contribution in [0, 0.1) is 12.7 Å². The van der Waals surface area contributed by atoms with Gasteiger partial charge in [-0.1, -0.05) is 22.0 Å². The molecular weight excluding hydrogens is 259 g/mol. The van der Waals surface area contributed by atoms with Gasteiger partial charge in [-0.3, -0.25) is 0 Å². The topological polar surface area (TPSA) is 17.8 Å². The van der Waals surface area contributed by atoms with E-state index < -0.39 is 0 Å². The lowest BCUT2D eigenvalue weighted by atomic mass is 10.2. The summed E-state index contributed by atoms with van der Waals surface area (Å²) in [6.45, 7) is 1.91. The van der Waals surface area contributed by atoms with Gasteiger partial charge in [-0.15, -0.1) is 0 Å². The second-order valence-corrected chi connectivity index (χ2v) is 3.83. The van der Waals surface area contributed by atoms with E-state index in [1.54, 1.807) is 10.7 Å². The molecule has 2 nitrogen and oxygen atoms in total. The predicted molar refractivity (Wildman–Crippen MR) is 60.9 cm³/mol. The van der Waals surface area contributed by atoms with E-state index in [1.165, 1.54) is 6.07 Å². The van der Waals surface area contributed by atoms with E-state index in [0.29, 0.717) is 10.9 Å². The summed E-state index contributed by atoms with van der Waals surface area (Å²) in [5.41, 5.74) is 2.32. The van der Waals surface area contributed by atoms with Crippen LogP contribution >= 0.6 is 15.9 Å². The predicted octanol–water partition coefficient (Wildman–Crippen LogP) is 3.21. The van der Waals surface area contributed by atoms with Gasteiger partial charge in [-0.25, -0.2) is 9.07 Å². The number of hydrogen-bond donors (Lipinski definition) is 0. The van der Waals surface area contributed by atoms with E-state index in [0.717, 1.165) is 11.4 Å². The largest absolute Gasteiger partial charge is 0.240 e. The molecule has 0 spiro atoms. The molecule has 0 radical (unpaired) electrons. The first-order valence-electron chi connectivity index (χ1n) is 4.58. The van der Waals surface area contributed by atoms with E-state index >= 15 is 0 Å². The maximum absolute atomic E-state index is 13.5. The van der Waals surface area contributed by atoms with Crippen molar-refractivity contribution in [2.24, 2.45) is 0 Å². The molecule has 1 aromatic heterocycles. The smallest absolute Gasteiger partial charge is 0.129 e. The molecule has 0 aliphatic heterocycles. The molecule has 0 amide bonds. The number of halogens is 2. The van der Waals surface area contributed by atoms with Crippen molar-refractivity contribution in [3.05, 3.63) is 47.5 Å². The standard InChI is InChI=1S/C11H10BrFN2/c1-8-5-6-15(14-8)11-4-2-3-10(13)9(11)7-12/h2-6H,7H2,1H3. The van der Waals surface area contributed by atoms with Crippen LogP contribution in [0.15, 0.2) is 30.5 Å². The second-order valence-electron chi connectivity index (χ2n) is 3.27. The van der Waals surface area contributed by atoms with Crippen molar-refractivity contribution in [1.29, 1.82) is 0 Å². The molecule has 0 unspecified atom stereocenters. The fourth-order valence-corrected chi connectivity index (χ4v) is 2.00. The molecule has 2 rings (SSSR count). The zero-order valence-corrected chi connectivity index (χ0v) is 9.83. The van der Waals surface area contributed by atoms with Gasteiger partial charge in [0.2, 0.25) is 0 Å². The Kier molecular flexibility index (Phi) is 2.86. The maximum Gasteiger partial charge on any atom is 0.129 e. The van der Waals surface area contributed by atoms with E-state index in [2.05, 4.69) is 21.0 Å². The maximum atomic E-state index is 13.5. The van der Waals surface area contributed by atoms with E-state index in [1.807, 2.05) is 25.3 Å². The van der Waals surface area contributed by atoms with Crippen molar-refractivity contribution >= 4 is 15.9 Å². The SMILES string of the molecule is Cc1ccn(-c2cccc(F)c2CBr)n1. The molecule has 0 saturated carbocycles. The van der Waals surface area contributed by atoms with Crippen LogP contribution in [0.5, 0.6) is 0 Å². The van der Waals surface area contributed by atoms with E-state index in [4.69, 9.17) is 0 Å². The zero-order valence-electron chi connectivity index (χ0n) is 8.24. The van der Waals surface area contributed by atoms with Crippen molar-refractivity contribution < 1.29 is 4.39 Å². The summed E-state index contributed by atoms with van der Waals surface area (Å²) in [4.78, 5) is 0. The quantitative estimate of drug-likeness (QED) is 0.765. The third kappa shape index (κ3) is 1.95. The minimum Gasteiger partial charge on any atom is -0.240 e. The molecule has 0 saturated heterocycles. The average Bonchev–Trinajstić information content (AvgIpc) is 2.64. The minimum atomic E-state index is -0.211. The summed E-state index contributed by atoms with van der Waals surface area (Å²) < 4.78 is 15.2. The Morgan fingerprint density at radius 2 is 2.20 bits per heavy atom. The normalized spacial score (nSPS) is 10.6. The Labute approximate surface area is 95.9 Å². The minimum absolute atomic E-state index is 0.211. The van der Waals surface area contributed by atoms with Gasteiger partial charge in [0.25, 0.3) is 0 Å². The summed E-state index contributed by atoms with van der Waals surface area (Å²) in [5.74, 6) is -0.211. The molecule has 2 aromatic rings. The van der Waals surface area contributed by atoms with Crippen LogP contribution in [0.3, 0.4) is 0 Å². The molecule has 78 valence electrons. The van der Waals surface area contributed by atoms with Crippen LogP contribution in [0.25, 0.3) is 5.69 Å². The van der Waals surface area contributed by atoms with Crippen molar-refractivity contribution in [2.45, 2.75) is 12.3 Å². The van der Waals surface area contributed by atoms with E-state index in [9.17, 15) is 4.39 Å². The van der Waals surface area contributed by atoms with Crippen molar-refractivity contribution in [3.63, 3.8) is 0 Å². The summed E-state index contributed by atoms with van der Waals surface area (Å²) in [6, 6.07) is 6.89. The number of aryl methyl sites for hydroxylation is 1. The number of benzene rings is 1. The molecule has 0 N–H and O–H groups in total. The fourth-order valence-electron chi connectivity index (χ4n) is 1.44. The van der Waals surface area contributed by atoms with Crippen LogP contribution in [0.4, 0.5) is 4.39 Å². The molecule has 4 heteroatoms. The van der Waals surface area contributed by atoms with Gasteiger partial charge in [0.15, 0.2) is 0 Å². The first-order valence-corrected chi connectivity index (χ1v) is 5.70. The molecule has 0 bridgehead atoms. The lowest BCUT2D eigenvalue weighted by Crippen LogP contribution is -2.01. The third-order valence-corrected chi connectivity index (χ3v) is 2.76. The summed E-state index contributed by atoms with van der Waals surface area (Å²) in [5, 5.41) is 4.74. The molecule has 0 aliphatic rings. The van der Waals surface area contributed by atoms with Crippen molar-refractivity contribution in [2.75, 3.05) is 0 Å². The molecule has 15 heavy (non-hydrogen) atoms. The Hall–Kier alpha value is -1.16. The van der Waals surface area contributed by atoms with Gasteiger partial charge in [-0.05, 0) is 25.1 Å². The first kappa shape index (κ1) is 10.4. The monoisotopic (exact) mass is 268 g/mol. The van der Waals surface area contributed by atoms with Crippen LogP contribution in [-0.2, 0) is 5.33 Å². The zero-order chi connectivity index (χ0) is 10.8. The highest BCUT2D eigenvalue weighted by Gasteiger charge is 2.08.